The number of piperazine rings is 1. The second kappa shape index (κ2) is 10.1. The van der Waals surface area contributed by atoms with Crippen LogP contribution in [0.15, 0.2) is 51.6 Å². The molecule has 1 fully saturated rings. The number of esters is 1. The van der Waals surface area contributed by atoms with E-state index < -0.39 is 17.6 Å². The highest BCUT2D eigenvalue weighted by molar-refractivity contribution is 8.16. The second-order valence-electron chi connectivity index (χ2n) is 10.3. The SMILES string of the molecule is CC(=O)N1CCN(C(=O)CC2=CSC3=NC(C)=C(C(=O)OC(C)(C)C)C(c4ccccc4C)N23)CC1. The molecule has 1 unspecified atom stereocenters. The lowest BCUT2D eigenvalue weighted by atomic mass is 9.91. The zero-order chi connectivity index (χ0) is 26.2. The van der Waals surface area contributed by atoms with Gasteiger partial charge in [0.15, 0.2) is 5.17 Å². The summed E-state index contributed by atoms with van der Waals surface area (Å²) in [4.78, 5) is 48.7. The molecule has 9 heteroatoms. The maximum absolute atomic E-state index is 13.5. The van der Waals surface area contributed by atoms with E-state index in [1.807, 2.05) is 74.1 Å². The molecule has 0 N–H and O–H groups in total. The van der Waals surface area contributed by atoms with Gasteiger partial charge in [0.05, 0.1) is 23.7 Å². The first-order valence-corrected chi connectivity index (χ1v) is 13.1. The molecule has 1 aromatic rings. The molecule has 0 radical (unpaired) electrons. The van der Waals surface area contributed by atoms with Crippen LogP contribution < -0.4 is 0 Å². The average molecular weight is 511 g/mol. The van der Waals surface area contributed by atoms with Gasteiger partial charge < -0.3 is 19.4 Å². The summed E-state index contributed by atoms with van der Waals surface area (Å²) >= 11 is 1.47. The Hall–Kier alpha value is -3.07. The Kier molecular flexibility index (Phi) is 7.31. The smallest absolute Gasteiger partial charge is 0.338 e. The minimum atomic E-state index is -0.652. The molecule has 3 aliphatic rings. The summed E-state index contributed by atoms with van der Waals surface area (Å²) in [6, 6.07) is 7.53. The topological polar surface area (TPSA) is 82.5 Å². The third-order valence-electron chi connectivity index (χ3n) is 6.51. The Morgan fingerprint density at radius 2 is 1.69 bits per heavy atom. The summed E-state index contributed by atoms with van der Waals surface area (Å²) in [6.07, 6.45) is 0.190. The van der Waals surface area contributed by atoms with Crippen LogP contribution in [0.5, 0.6) is 0 Å². The van der Waals surface area contributed by atoms with Crippen molar-refractivity contribution in [2.45, 2.75) is 59.6 Å². The summed E-state index contributed by atoms with van der Waals surface area (Å²) in [6.45, 7) is 13.1. The fourth-order valence-electron chi connectivity index (χ4n) is 4.69. The van der Waals surface area contributed by atoms with Crippen LogP contribution in [-0.4, -0.2) is 69.4 Å². The number of ether oxygens (including phenoxy) is 1. The summed E-state index contributed by atoms with van der Waals surface area (Å²) in [5, 5.41) is 2.70. The first-order valence-electron chi connectivity index (χ1n) is 12.2. The van der Waals surface area contributed by atoms with E-state index in [1.165, 1.54) is 11.8 Å². The van der Waals surface area contributed by atoms with Crippen LogP contribution in [0.25, 0.3) is 0 Å². The molecule has 3 aliphatic heterocycles. The van der Waals surface area contributed by atoms with E-state index in [9.17, 15) is 14.4 Å². The van der Waals surface area contributed by atoms with Crippen LogP contribution in [0.3, 0.4) is 0 Å². The van der Waals surface area contributed by atoms with Gasteiger partial charge in [0.1, 0.15) is 5.60 Å². The molecule has 0 aliphatic carbocycles. The fraction of sp³-hybridized carbons (Fsp3) is 0.481. The monoisotopic (exact) mass is 510 g/mol. The van der Waals surface area contributed by atoms with E-state index in [4.69, 9.17) is 9.73 Å². The van der Waals surface area contributed by atoms with Gasteiger partial charge in [-0.05, 0) is 51.2 Å². The molecule has 1 aromatic carbocycles. The van der Waals surface area contributed by atoms with Gasteiger partial charge in [0.2, 0.25) is 11.8 Å². The van der Waals surface area contributed by atoms with E-state index in [-0.39, 0.29) is 18.2 Å². The van der Waals surface area contributed by atoms with Gasteiger partial charge in [-0.25, -0.2) is 9.79 Å². The molecular weight excluding hydrogens is 476 g/mol. The number of nitrogens with zero attached hydrogens (tertiary/aromatic N) is 4. The van der Waals surface area contributed by atoms with Gasteiger partial charge in [-0.2, -0.15) is 0 Å². The van der Waals surface area contributed by atoms with Crippen LogP contribution >= 0.6 is 11.8 Å². The zero-order valence-electron chi connectivity index (χ0n) is 21.8. The Labute approximate surface area is 217 Å². The van der Waals surface area contributed by atoms with Crippen LogP contribution in [0, 0.1) is 6.92 Å². The molecule has 1 atom stereocenters. The van der Waals surface area contributed by atoms with E-state index in [0.717, 1.165) is 22.0 Å². The third-order valence-corrected chi connectivity index (χ3v) is 7.40. The van der Waals surface area contributed by atoms with Crippen molar-refractivity contribution in [1.82, 2.24) is 14.7 Å². The first-order chi connectivity index (χ1) is 17.0. The summed E-state index contributed by atoms with van der Waals surface area (Å²) in [5.74, 6) is -0.372. The maximum Gasteiger partial charge on any atom is 0.338 e. The molecular formula is C27H34N4O4S. The zero-order valence-corrected chi connectivity index (χ0v) is 22.6. The van der Waals surface area contributed by atoms with Crippen LogP contribution in [0.1, 0.15) is 58.2 Å². The molecule has 0 bridgehead atoms. The number of rotatable bonds is 4. The standard InChI is InChI=1S/C27H34N4O4S/c1-17-9-7-8-10-21(17)24-23(25(34)35-27(4,5)6)18(2)28-26-31(24)20(16-36-26)15-22(33)30-13-11-29(12-14-30)19(3)32/h7-10,16,24H,11-15H2,1-6H3. The average Bonchev–Trinajstić information content (AvgIpc) is 3.19. The Balaban J connectivity index is 1.64. The van der Waals surface area contributed by atoms with Crippen LogP contribution in [0.2, 0.25) is 0 Å². The van der Waals surface area contributed by atoms with Crippen molar-refractivity contribution in [3.8, 4) is 0 Å². The molecule has 4 rings (SSSR count). The summed E-state index contributed by atoms with van der Waals surface area (Å²) in [5.41, 5.74) is 3.28. The number of carbonyl (C=O) groups is 3. The number of allylic oxidation sites excluding steroid dienone is 1. The quantitative estimate of drug-likeness (QED) is 0.570. The second-order valence-corrected chi connectivity index (χ2v) is 11.2. The number of thioether (sulfide) groups is 1. The van der Waals surface area contributed by atoms with Crippen LogP contribution in [-0.2, 0) is 19.1 Å². The number of fused-ring (bicyclic) bond motifs is 1. The number of hydrogen-bond donors (Lipinski definition) is 0. The van der Waals surface area contributed by atoms with Crippen molar-refractivity contribution in [3.05, 3.63) is 57.8 Å². The van der Waals surface area contributed by atoms with E-state index in [0.29, 0.717) is 37.4 Å². The Morgan fingerprint density at radius 1 is 1.06 bits per heavy atom. The van der Waals surface area contributed by atoms with Crippen LogP contribution in [0.4, 0.5) is 0 Å². The molecule has 8 nitrogen and oxygen atoms in total. The molecule has 2 amide bonds. The number of amides is 2. The van der Waals surface area contributed by atoms with Gasteiger partial charge in [-0.3, -0.25) is 9.59 Å². The highest BCUT2D eigenvalue weighted by Gasteiger charge is 2.42. The molecule has 1 saturated heterocycles. The molecule has 36 heavy (non-hydrogen) atoms. The minimum Gasteiger partial charge on any atom is -0.456 e. The number of aliphatic imine (C=N–C) groups is 1. The largest absolute Gasteiger partial charge is 0.456 e. The lowest BCUT2D eigenvalue weighted by Crippen LogP contribution is -2.50. The van der Waals surface area contributed by atoms with Crippen molar-refractivity contribution in [2.75, 3.05) is 26.2 Å². The van der Waals surface area contributed by atoms with Gasteiger partial charge in [0.25, 0.3) is 0 Å². The summed E-state index contributed by atoms with van der Waals surface area (Å²) in [7, 11) is 0. The van der Waals surface area contributed by atoms with Crippen molar-refractivity contribution >= 4 is 34.7 Å². The molecule has 0 saturated carbocycles. The van der Waals surface area contributed by atoms with Gasteiger partial charge >= 0.3 is 5.97 Å². The Bertz CT molecular complexity index is 1170. The van der Waals surface area contributed by atoms with E-state index >= 15 is 0 Å². The number of hydrogen-bond acceptors (Lipinski definition) is 7. The lowest BCUT2D eigenvalue weighted by molar-refractivity contribution is -0.150. The normalized spacial score (nSPS) is 20.2. The number of benzene rings is 1. The van der Waals surface area contributed by atoms with Gasteiger partial charge in [-0.1, -0.05) is 36.0 Å². The maximum atomic E-state index is 13.5. The van der Waals surface area contributed by atoms with Crippen molar-refractivity contribution in [3.63, 3.8) is 0 Å². The predicted octanol–water partition coefficient (Wildman–Crippen LogP) is 3.99. The van der Waals surface area contributed by atoms with E-state index in [1.54, 1.807) is 11.8 Å². The Morgan fingerprint density at radius 3 is 2.31 bits per heavy atom. The number of amidine groups is 1. The van der Waals surface area contributed by atoms with Gasteiger partial charge in [0, 0.05) is 38.8 Å². The third kappa shape index (κ3) is 5.36. The molecule has 0 spiro atoms. The van der Waals surface area contributed by atoms with Crippen molar-refractivity contribution in [1.29, 1.82) is 0 Å². The van der Waals surface area contributed by atoms with Crippen molar-refractivity contribution in [2.24, 2.45) is 4.99 Å². The molecule has 3 heterocycles. The minimum absolute atomic E-state index is 0.0000660. The highest BCUT2D eigenvalue weighted by Crippen LogP contribution is 2.46. The fourth-order valence-corrected chi connectivity index (χ4v) is 5.65. The highest BCUT2D eigenvalue weighted by atomic mass is 32.2. The lowest BCUT2D eigenvalue weighted by Gasteiger charge is -2.38. The molecule has 0 aromatic heterocycles. The van der Waals surface area contributed by atoms with Crippen molar-refractivity contribution < 1.29 is 19.1 Å². The van der Waals surface area contributed by atoms with E-state index in [2.05, 4.69) is 0 Å². The molecule has 192 valence electrons. The number of aryl methyl sites for hydroxylation is 1. The number of carbonyl (C=O) groups excluding carboxylic acids is 3. The van der Waals surface area contributed by atoms with Gasteiger partial charge in [-0.15, -0.1) is 0 Å². The summed E-state index contributed by atoms with van der Waals surface area (Å²) < 4.78 is 5.80. The first kappa shape index (κ1) is 26.0. The predicted molar refractivity (Wildman–Crippen MR) is 141 cm³/mol.